The summed E-state index contributed by atoms with van der Waals surface area (Å²) in [6.07, 6.45) is 3.76. The van der Waals surface area contributed by atoms with Crippen molar-refractivity contribution in [1.29, 1.82) is 0 Å². The van der Waals surface area contributed by atoms with Gasteiger partial charge in [0, 0.05) is 39.6 Å². The summed E-state index contributed by atoms with van der Waals surface area (Å²) < 4.78 is 7.07. The average molecular weight is 232 g/mol. The van der Waals surface area contributed by atoms with E-state index in [-0.39, 0.29) is 5.38 Å². The summed E-state index contributed by atoms with van der Waals surface area (Å²) in [6, 6.07) is 0. The quantitative estimate of drug-likeness (QED) is 0.697. The molecule has 0 spiro atoms. The molecule has 0 radical (unpaired) electrons. The summed E-state index contributed by atoms with van der Waals surface area (Å²) in [5, 5.41) is -0.0120. The molecule has 1 atom stereocenters. The van der Waals surface area contributed by atoms with Crippen molar-refractivity contribution in [3.63, 3.8) is 0 Å². The van der Waals surface area contributed by atoms with Gasteiger partial charge in [-0.25, -0.2) is 4.98 Å². The maximum Gasteiger partial charge on any atom is 0.205 e. The van der Waals surface area contributed by atoms with E-state index >= 15 is 0 Å². The van der Waals surface area contributed by atoms with Gasteiger partial charge in [-0.05, 0) is 6.92 Å². The van der Waals surface area contributed by atoms with Crippen molar-refractivity contribution < 1.29 is 4.74 Å². The number of imidazole rings is 1. The highest BCUT2D eigenvalue weighted by Gasteiger charge is 2.12. The first kappa shape index (κ1) is 12.3. The first-order valence-corrected chi connectivity index (χ1v) is 5.48. The molecule has 5 heteroatoms. The van der Waals surface area contributed by atoms with Gasteiger partial charge in [0.1, 0.15) is 0 Å². The van der Waals surface area contributed by atoms with E-state index in [1.807, 2.05) is 18.1 Å². The van der Waals surface area contributed by atoms with Crippen LogP contribution in [-0.2, 0) is 11.3 Å². The van der Waals surface area contributed by atoms with E-state index in [1.54, 1.807) is 13.3 Å². The lowest BCUT2D eigenvalue weighted by Crippen LogP contribution is -2.30. The fourth-order valence-corrected chi connectivity index (χ4v) is 1.83. The monoisotopic (exact) mass is 231 g/mol. The largest absolute Gasteiger partial charge is 0.383 e. The van der Waals surface area contributed by atoms with Crippen molar-refractivity contribution in [2.24, 2.45) is 0 Å². The topological polar surface area (TPSA) is 30.3 Å². The van der Waals surface area contributed by atoms with E-state index in [2.05, 4.69) is 16.5 Å². The Bertz CT molecular complexity index is 290. The van der Waals surface area contributed by atoms with Crippen molar-refractivity contribution in [3.05, 3.63) is 12.4 Å². The maximum atomic E-state index is 6.08. The Balaban J connectivity index is 2.56. The van der Waals surface area contributed by atoms with Gasteiger partial charge in [-0.2, -0.15) is 0 Å². The van der Waals surface area contributed by atoms with Gasteiger partial charge in [0.15, 0.2) is 0 Å². The summed E-state index contributed by atoms with van der Waals surface area (Å²) in [5.74, 6) is 0.944. The summed E-state index contributed by atoms with van der Waals surface area (Å²) in [6.45, 7) is 4.29. The zero-order chi connectivity index (χ0) is 11.3. The van der Waals surface area contributed by atoms with Gasteiger partial charge in [-0.3, -0.25) is 0 Å². The van der Waals surface area contributed by atoms with E-state index in [0.29, 0.717) is 6.61 Å². The lowest BCUT2D eigenvalue weighted by atomic mass is 10.4. The summed E-state index contributed by atoms with van der Waals surface area (Å²) in [4.78, 5) is 6.33. The minimum atomic E-state index is -0.0120. The minimum Gasteiger partial charge on any atom is -0.383 e. The summed E-state index contributed by atoms with van der Waals surface area (Å²) in [7, 11) is 3.64. The number of anilines is 1. The van der Waals surface area contributed by atoms with Crippen molar-refractivity contribution in [2.75, 3.05) is 32.2 Å². The number of methoxy groups -OCH3 is 1. The first-order valence-electron chi connectivity index (χ1n) is 5.04. The second kappa shape index (κ2) is 5.98. The normalized spacial score (nSPS) is 12.8. The van der Waals surface area contributed by atoms with Crippen LogP contribution in [0, 0.1) is 0 Å². The number of aryl methyl sites for hydroxylation is 1. The van der Waals surface area contributed by atoms with Crippen molar-refractivity contribution in [3.8, 4) is 0 Å². The fourth-order valence-electron chi connectivity index (χ4n) is 1.50. The third-order valence-electron chi connectivity index (χ3n) is 2.20. The Morgan fingerprint density at radius 2 is 2.40 bits per heavy atom. The zero-order valence-corrected chi connectivity index (χ0v) is 10.2. The second-order valence-corrected chi connectivity index (χ2v) is 4.06. The number of aromatic nitrogens is 2. The number of nitrogens with zero attached hydrogens (tertiary/aromatic N) is 3. The molecule has 1 aromatic rings. The number of ether oxygens (including phenoxy) is 1. The van der Waals surface area contributed by atoms with Crippen molar-refractivity contribution >= 4 is 17.5 Å². The lowest BCUT2D eigenvalue weighted by Gasteiger charge is -2.21. The molecule has 0 saturated carbocycles. The molecule has 1 aromatic heterocycles. The maximum absolute atomic E-state index is 6.08. The Morgan fingerprint density at radius 3 is 3.00 bits per heavy atom. The highest BCUT2D eigenvalue weighted by Crippen LogP contribution is 2.11. The lowest BCUT2D eigenvalue weighted by molar-refractivity contribution is 0.199. The second-order valence-electron chi connectivity index (χ2n) is 3.45. The molecule has 86 valence electrons. The fraction of sp³-hybridized carbons (Fsp3) is 0.700. The van der Waals surface area contributed by atoms with Gasteiger partial charge in [0.2, 0.25) is 5.95 Å². The zero-order valence-electron chi connectivity index (χ0n) is 9.48. The van der Waals surface area contributed by atoms with Crippen LogP contribution in [0.25, 0.3) is 0 Å². The molecule has 15 heavy (non-hydrogen) atoms. The average Bonchev–Trinajstić information content (AvgIpc) is 2.65. The SMILES string of the molecule is CCn1ccnc1N(C)CC(Cl)COC. The number of hydrogen-bond donors (Lipinski definition) is 0. The molecule has 0 fully saturated rings. The molecule has 0 amide bonds. The molecule has 0 aromatic carbocycles. The van der Waals surface area contributed by atoms with Gasteiger partial charge >= 0.3 is 0 Å². The molecule has 1 heterocycles. The predicted molar refractivity (Wildman–Crippen MR) is 62.7 cm³/mol. The number of rotatable bonds is 6. The molecule has 0 saturated heterocycles. The van der Waals surface area contributed by atoms with Crippen LogP contribution < -0.4 is 4.90 Å². The third-order valence-corrected chi connectivity index (χ3v) is 2.46. The molecular formula is C10H18ClN3O. The van der Waals surface area contributed by atoms with Crippen LogP contribution in [-0.4, -0.2) is 42.2 Å². The molecule has 0 aliphatic rings. The molecule has 0 bridgehead atoms. The van der Waals surface area contributed by atoms with Gasteiger partial charge in [0.05, 0.1) is 12.0 Å². The van der Waals surface area contributed by atoms with Gasteiger partial charge in [-0.15, -0.1) is 11.6 Å². The van der Waals surface area contributed by atoms with Gasteiger partial charge in [-0.1, -0.05) is 0 Å². The molecule has 0 aliphatic heterocycles. The molecule has 1 rings (SSSR count). The van der Waals surface area contributed by atoms with E-state index in [0.717, 1.165) is 19.0 Å². The smallest absolute Gasteiger partial charge is 0.205 e. The van der Waals surface area contributed by atoms with E-state index in [4.69, 9.17) is 16.3 Å². The highest BCUT2D eigenvalue weighted by molar-refractivity contribution is 6.21. The van der Waals surface area contributed by atoms with Crippen LogP contribution >= 0.6 is 11.6 Å². The van der Waals surface area contributed by atoms with Gasteiger partial charge < -0.3 is 14.2 Å². The van der Waals surface area contributed by atoms with Crippen molar-refractivity contribution in [2.45, 2.75) is 18.8 Å². The van der Waals surface area contributed by atoms with E-state index in [1.165, 1.54) is 0 Å². The highest BCUT2D eigenvalue weighted by atomic mass is 35.5. The molecule has 4 nitrogen and oxygen atoms in total. The molecule has 0 aliphatic carbocycles. The number of hydrogen-bond acceptors (Lipinski definition) is 3. The summed E-state index contributed by atoms with van der Waals surface area (Å²) >= 11 is 6.08. The Kier molecular flexibility index (Phi) is 4.91. The standard InChI is InChI=1S/C10H18ClN3O/c1-4-14-6-5-12-10(14)13(2)7-9(11)8-15-3/h5-6,9H,4,7-8H2,1-3H3. The van der Waals surface area contributed by atoms with Gasteiger partial charge in [0.25, 0.3) is 0 Å². The van der Waals surface area contributed by atoms with E-state index < -0.39 is 0 Å². The number of halogens is 1. The predicted octanol–water partition coefficient (Wildman–Crippen LogP) is 1.59. The number of alkyl halides is 1. The van der Waals surface area contributed by atoms with Crippen LogP contribution in [0.15, 0.2) is 12.4 Å². The van der Waals surface area contributed by atoms with Crippen LogP contribution in [0.3, 0.4) is 0 Å². The Morgan fingerprint density at radius 1 is 1.67 bits per heavy atom. The van der Waals surface area contributed by atoms with Crippen molar-refractivity contribution in [1.82, 2.24) is 9.55 Å². The minimum absolute atomic E-state index is 0.0120. The van der Waals surface area contributed by atoms with E-state index in [9.17, 15) is 0 Å². The van der Waals surface area contributed by atoms with Crippen LogP contribution in [0.4, 0.5) is 5.95 Å². The molecular weight excluding hydrogens is 214 g/mol. The first-order chi connectivity index (χ1) is 7.19. The van der Waals surface area contributed by atoms with Crippen LogP contribution in [0.2, 0.25) is 0 Å². The molecule has 0 N–H and O–H groups in total. The third kappa shape index (κ3) is 3.39. The Labute approximate surface area is 95.8 Å². The molecule has 1 unspecified atom stereocenters. The Hall–Kier alpha value is -0.740. The van der Waals surface area contributed by atoms with Crippen LogP contribution in [0.5, 0.6) is 0 Å². The van der Waals surface area contributed by atoms with Crippen LogP contribution in [0.1, 0.15) is 6.92 Å². The summed E-state index contributed by atoms with van der Waals surface area (Å²) in [5.41, 5.74) is 0.